The number of hydrogen-bond acceptors (Lipinski definition) is 5. The summed E-state index contributed by atoms with van der Waals surface area (Å²) >= 11 is 0. The van der Waals surface area contributed by atoms with Crippen molar-refractivity contribution in [2.24, 2.45) is 11.3 Å². The Kier molecular flexibility index (Phi) is 9.57. The van der Waals surface area contributed by atoms with Crippen LogP contribution in [0.15, 0.2) is 60.7 Å². The van der Waals surface area contributed by atoms with Gasteiger partial charge < -0.3 is 15.7 Å². The average molecular weight is 456 g/mol. The van der Waals surface area contributed by atoms with E-state index in [2.05, 4.69) is 10.6 Å². The summed E-state index contributed by atoms with van der Waals surface area (Å²) in [6.07, 6.45) is -0.403. The number of aliphatic hydroxyl groups is 1. The standard InChI is InChI=1S/C25H33N3O5/c1-25(2,3)21(24(32)26-18-14-8-5-9-15-18)27-22(30)19(20(29)23(31)28-33)16-10-13-17-11-6-4-7-12-17/h4-9,11-12,14-15,19-21,29,33H,10,13,16H2,1-3H3,(H,26,32)(H,27,30)(H,28,31)/t19?,20?,21-/m1/s1. The molecule has 2 unspecified atom stereocenters. The Hall–Kier alpha value is -3.23. The number of aliphatic hydroxyl groups excluding tert-OH is 1. The van der Waals surface area contributed by atoms with Gasteiger partial charge in [0.1, 0.15) is 12.1 Å². The zero-order chi connectivity index (χ0) is 24.4. The van der Waals surface area contributed by atoms with Gasteiger partial charge in [-0.3, -0.25) is 19.6 Å². The molecule has 3 atom stereocenters. The maximum atomic E-state index is 13.1. The quantitative estimate of drug-likeness (QED) is 0.278. The lowest BCUT2D eigenvalue weighted by molar-refractivity contribution is -0.147. The molecule has 3 amide bonds. The SMILES string of the molecule is CC(C)(C)[C@H](NC(=O)C(CCCc1ccccc1)C(O)C(=O)NO)C(=O)Nc1ccccc1. The van der Waals surface area contributed by atoms with Gasteiger partial charge in [0.2, 0.25) is 11.8 Å². The second-order valence-electron chi connectivity index (χ2n) is 9.07. The maximum Gasteiger partial charge on any atom is 0.272 e. The summed E-state index contributed by atoms with van der Waals surface area (Å²) in [4.78, 5) is 38.0. The third kappa shape index (κ3) is 8.00. The fraction of sp³-hybridized carbons (Fsp3) is 0.400. The van der Waals surface area contributed by atoms with E-state index in [1.54, 1.807) is 24.3 Å². The van der Waals surface area contributed by atoms with Crippen LogP contribution < -0.4 is 16.1 Å². The van der Waals surface area contributed by atoms with E-state index in [-0.39, 0.29) is 6.42 Å². The van der Waals surface area contributed by atoms with Gasteiger partial charge in [-0.25, -0.2) is 5.48 Å². The van der Waals surface area contributed by atoms with Gasteiger partial charge in [-0.15, -0.1) is 0 Å². The van der Waals surface area contributed by atoms with Gasteiger partial charge >= 0.3 is 0 Å². The number of carbonyl (C=O) groups excluding carboxylic acids is 3. The minimum atomic E-state index is -1.76. The first-order valence-electron chi connectivity index (χ1n) is 11.0. The molecule has 2 rings (SSSR count). The highest BCUT2D eigenvalue weighted by atomic mass is 16.5. The predicted molar refractivity (Wildman–Crippen MR) is 125 cm³/mol. The maximum absolute atomic E-state index is 13.1. The van der Waals surface area contributed by atoms with Crippen LogP contribution in [0.2, 0.25) is 0 Å². The van der Waals surface area contributed by atoms with Crippen LogP contribution >= 0.6 is 0 Å². The third-order valence-electron chi connectivity index (χ3n) is 5.38. The van der Waals surface area contributed by atoms with E-state index in [0.717, 1.165) is 5.56 Å². The molecule has 0 saturated heterocycles. The number of hydrogen-bond donors (Lipinski definition) is 5. The molecule has 2 aromatic rings. The van der Waals surface area contributed by atoms with Crippen LogP contribution in [0.3, 0.4) is 0 Å². The Morgan fingerprint density at radius 3 is 2.00 bits per heavy atom. The Balaban J connectivity index is 2.15. The molecule has 0 saturated carbocycles. The Morgan fingerprint density at radius 2 is 1.45 bits per heavy atom. The molecule has 0 spiro atoms. The lowest BCUT2D eigenvalue weighted by Gasteiger charge is -2.32. The van der Waals surface area contributed by atoms with E-state index in [0.29, 0.717) is 18.5 Å². The minimum absolute atomic E-state index is 0.187. The molecule has 8 heteroatoms. The molecule has 0 aliphatic carbocycles. The monoisotopic (exact) mass is 455 g/mol. The van der Waals surface area contributed by atoms with E-state index in [1.165, 1.54) is 5.48 Å². The lowest BCUT2D eigenvalue weighted by Crippen LogP contribution is -2.55. The van der Waals surface area contributed by atoms with Crippen molar-refractivity contribution >= 4 is 23.4 Å². The fourth-order valence-electron chi connectivity index (χ4n) is 3.51. The number of carbonyl (C=O) groups is 3. The zero-order valence-electron chi connectivity index (χ0n) is 19.2. The number of rotatable bonds is 10. The molecule has 8 nitrogen and oxygen atoms in total. The second kappa shape index (κ2) is 12.1. The number of aryl methyl sites for hydroxylation is 1. The number of anilines is 1. The van der Waals surface area contributed by atoms with Crippen LogP contribution in [0.1, 0.15) is 39.2 Å². The van der Waals surface area contributed by atoms with Crippen molar-refractivity contribution < 1.29 is 24.7 Å². The Morgan fingerprint density at radius 1 is 0.879 bits per heavy atom. The third-order valence-corrected chi connectivity index (χ3v) is 5.38. The van der Waals surface area contributed by atoms with E-state index in [4.69, 9.17) is 5.21 Å². The summed E-state index contributed by atoms with van der Waals surface area (Å²) in [6.45, 7) is 5.43. The van der Waals surface area contributed by atoms with Crippen molar-refractivity contribution in [2.75, 3.05) is 5.32 Å². The average Bonchev–Trinajstić information content (AvgIpc) is 2.79. The molecule has 0 aliphatic heterocycles. The molecule has 0 aliphatic rings. The normalized spacial score (nSPS) is 14.0. The Labute approximate surface area is 194 Å². The van der Waals surface area contributed by atoms with Crippen LogP contribution in [-0.2, 0) is 20.8 Å². The molecule has 33 heavy (non-hydrogen) atoms. The first-order chi connectivity index (χ1) is 15.6. The molecule has 2 aromatic carbocycles. The van der Waals surface area contributed by atoms with E-state index in [9.17, 15) is 19.5 Å². The summed E-state index contributed by atoms with van der Waals surface area (Å²) in [6, 6.07) is 17.6. The smallest absolute Gasteiger partial charge is 0.272 e. The van der Waals surface area contributed by atoms with Crippen molar-refractivity contribution in [2.45, 2.75) is 52.2 Å². The summed E-state index contributed by atoms with van der Waals surface area (Å²) in [5.41, 5.74) is 2.40. The largest absolute Gasteiger partial charge is 0.382 e. The molecule has 0 aromatic heterocycles. The lowest BCUT2D eigenvalue weighted by atomic mass is 9.85. The van der Waals surface area contributed by atoms with E-state index in [1.807, 2.05) is 57.2 Å². The van der Waals surface area contributed by atoms with E-state index < -0.39 is 41.2 Å². The summed E-state index contributed by atoms with van der Waals surface area (Å²) in [7, 11) is 0. The summed E-state index contributed by atoms with van der Waals surface area (Å²) in [5.74, 6) is -3.26. The highest BCUT2D eigenvalue weighted by Crippen LogP contribution is 2.23. The second-order valence-corrected chi connectivity index (χ2v) is 9.07. The molecule has 178 valence electrons. The molecule has 0 heterocycles. The van der Waals surface area contributed by atoms with Gasteiger partial charge in [-0.1, -0.05) is 69.3 Å². The van der Waals surface area contributed by atoms with Crippen molar-refractivity contribution in [3.63, 3.8) is 0 Å². The predicted octanol–water partition coefficient (Wildman–Crippen LogP) is 2.66. The summed E-state index contributed by atoms with van der Waals surface area (Å²) < 4.78 is 0. The molecular weight excluding hydrogens is 422 g/mol. The number of nitrogens with one attached hydrogen (secondary N) is 3. The molecule has 0 fully saturated rings. The first-order valence-corrected chi connectivity index (χ1v) is 11.0. The Bertz CT molecular complexity index is 913. The van der Waals surface area contributed by atoms with Crippen LogP contribution in [0, 0.1) is 11.3 Å². The van der Waals surface area contributed by atoms with Crippen LogP contribution in [0.5, 0.6) is 0 Å². The topological polar surface area (TPSA) is 128 Å². The molecular formula is C25H33N3O5. The van der Waals surface area contributed by atoms with Gasteiger partial charge in [0.25, 0.3) is 5.91 Å². The molecule has 0 bridgehead atoms. The fourth-order valence-corrected chi connectivity index (χ4v) is 3.51. The van der Waals surface area contributed by atoms with Crippen molar-refractivity contribution in [3.05, 3.63) is 66.2 Å². The van der Waals surface area contributed by atoms with Crippen LogP contribution in [0.25, 0.3) is 0 Å². The minimum Gasteiger partial charge on any atom is -0.382 e. The highest BCUT2D eigenvalue weighted by molar-refractivity contribution is 5.98. The highest BCUT2D eigenvalue weighted by Gasteiger charge is 2.38. The van der Waals surface area contributed by atoms with Crippen molar-refractivity contribution in [1.82, 2.24) is 10.8 Å². The number of amides is 3. The van der Waals surface area contributed by atoms with E-state index >= 15 is 0 Å². The van der Waals surface area contributed by atoms with Gasteiger partial charge in [0, 0.05) is 5.69 Å². The van der Waals surface area contributed by atoms with Crippen LogP contribution in [0.4, 0.5) is 5.69 Å². The number of hydroxylamine groups is 1. The van der Waals surface area contributed by atoms with Crippen molar-refractivity contribution in [3.8, 4) is 0 Å². The molecule has 0 radical (unpaired) electrons. The van der Waals surface area contributed by atoms with Crippen molar-refractivity contribution in [1.29, 1.82) is 0 Å². The first kappa shape index (κ1) is 26.0. The van der Waals surface area contributed by atoms with Gasteiger partial charge in [-0.2, -0.15) is 0 Å². The summed E-state index contributed by atoms with van der Waals surface area (Å²) in [5, 5.41) is 24.8. The van der Waals surface area contributed by atoms with Crippen LogP contribution in [-0.4, -0.2) is 40.2 Å². The number of benzene rings is 2. The van der Waals surface area contributed by atoms with Gasteiger partial charge in [0.15, 0.2) is 0 Å². The van der Waals surface area contributed by atoms with Gasteiger partial charge in [0.05, 0.1) is 5.92 Å². The molecule has 5 N–H and O–H groups in total. The van der Waals surface area contributed by atoms with Gasteiger partial charge in [-0.05, 0) is 42.4 Å². The zero-order valence-corrected chi connectivity index (χ0v) is 19.2. The number of para-hydroxylation sites is 1.